The van der Waals surface area contributed by atoms with E-state index in [4.69, 9.17) is 0 Å². The fourth-order valence-corrected chi connectivity index (χ4v) is 1.98. The van der Waals surface area contributed by atoms with Crippen molar-refractivity contribution in [2.45, 2.75) is 18.9 Å². The van der Waals surface area contributed by atoms with E-state index in [1.54, 1.807) is 0 Å². The van der Waals surface area contributed by atoms with Crippen LogP contribution >= 0.6 is 11.3 Å². The predicted octanol–water partition coefficient (Wildman–Crippen LogP) is 1.31. The Morgan fingerprint density at radius 2 is 2.50 bits per heavy atom. The molecule has 3 nitrogen and oxygen atoms in total. The minimum Gasteiger partial charge on any atom is -0.386 e. The van der Waals surface area contributed by atoms with Gasteiger partial charge in [0.25, 0.3) is 0 Å². The van der Waals surface area contributed by atoms with E-state index in [-0.39, 0.29) is 11.8 Å². The van der Waals surface area contributed by atoms with Crippen LogP contribution in [-0.4, -0.2) is 17.6 Å². The second-order valence-corrected chi connectivity index (χ2v) is 4.53. The Morgan fingerprint density at radius 1 is 1.71 bits per heavy atom. The number of carbonyl (C=O) groups excluding carboxylic acids is 1. The molecule has 1 atom stereocenters. The van der Waals surface area contributed by atoms with Gasteiger partial charge in [0.15, 0.2) is 0 Å². The molecule has 1 fully saturated rings. The fraction of sp³-hybridized carbons (Fsp3) is 0.500. The molecule has 2 rings (SSSR count). The van der Waals surface area contributed by atoms with Crippen molar-refractivity contribution in [1.82, 2.24) is 5.32 Å². The summed E-state index contributed by atoms with van der Waals surface area (Å²) in [5, 5.41) is 14.3. The molecule has 0 saturated heterocycles. The minimum absolute atomic E-state index is 0.0839. The highest BCUT2D eigenvalue weighted by molar-refractivity contribution is 7.10. The van der Waals surface area contributed by atoms with E-state index in [1.165, 1.54) is 11.3 Å². The van der Waals surface area contributed by atoms with Crippen LogP contribution in [0.3, 0.4) is 0 Å². The third-order valence-corrected chi connectivity index (χ3v) is 3.26. The number of nitrogens with one attached hydrogen (secondary N) is 1. The van der Waals surface area contributed by atoms with E-state index in [1.807, 2.05) is 17.5 Å². The van der Waals surface area contributed by atoms with Crippen molar-refractivity contribution in [3.63, 3.8) is 0 Å². The van der Waals surface area contributed by atoms with E-state index >= 15 is 0 Å². The molecule has 0 spiro atoms. The summed E-state index contributed by atoms with van der Waals surface area (Å²) in [6.45, 7) is 0.329. The van der Waals surface area contributed by atoms with Gasteiger partial charge in [0.2, 0.25) is 5.91 Å². The number of hydrogen-bond acceptors (Lipinski definition) is 3. The van der Waals surface area contributed by atoms with Crippen molar-refractivity contribution in [3.05, 3.63) is 22.4 Å². The summed E-state index contributed by atoms with van der Waals surface area (Å²) in [5.41, 5.74) is 0. The smallest absolute Gasteiger partial charge is 0.223 e. The topological polar surface area (TPSA) is 49.3 Å². The first-order valence-electron chi connectivity index (χ1n) is 4.76. The van der Waals surface area contributed by atoms with Gasteiger partial charge in [0.1, 0.15) is 6.10 Å². The van der Waals surface area contributed by atoms with Gasteiger partial charge in [-0.3, -0.25) is 4.79 Å². The summed E-state index contributed by atoms with van der Waals surface area (Å²) in [5.74, 6) is 0.297. The van der Waals surface area contributed by atoms with E-state index in [2.05, 4.69) is 5.32 Å². The number of amides is 1. The van der Waals surface area contributed by atoms with Gasteiger partial charge in [-0.1, -0.05) is 6.07 Å². The maximum atomic E-state index is 11.3. The largest absolute Gasteiger partial charge is 0.386 e. The third-order valence-electron chi connectivity index (χ3n) is 2.29. The zero-order chi connectivity index (χ0) is 9.97. The van der Waals surface area contributed by atoms with Gasteiger partial charge < -0.3 is 10.4 Å². The molecule has 0 aromatic carbocycles. The molecular formula is C10H13NO2S. The van der Waals surface area contributed by atoms with Gasteiger partial charge in [0.05, 0.1) is 0 Å². The number of rotatable bonds is 4. The van der Waals surface area contributed by atoms with Crippen molar-refractivity contribution in [1.29, 1.82) is 0 Å². The van der Waals surface area contributed by atoms with Crippen LogP contribution < -0.4 is 5.32 Å². The monoisotopic (exact) mass is 211 g/mol. The van der Waals surface area contributed by atoms with Gasteiger partial charge >= 0.3 is 0 Å². The molecule has 2 N–H and O–H groups in total. The summed E-state index contributed by atoms with van der Waals surface area (Å²) in [6.07, 6.45) is 1.44. The van der Waals surface area contributed by atoms with Crippen LogP contribution in [0.25, 0.3) is 0 Å². The standard InChI is InChI=1S/C10H13NO2S/c12-8(9-2-1-5-14-9)6-11-10(13)7-3-4-7/h1-2,5,7-8,12H,3-4,6H2,(H,11,13)/t8-/m1/s1. The van der Waals surface area contributed by atoms with Gasteiger partial charge in [-0.25, -0.2) is 0 Å². The first-order valence-corrected chi connectivity index (χ1v) is 5.64. The molecule has 0 aliphatic heterocycles. The Balaban J connectivity index is 1.77. The van der Waals surface area contributed by atoms with Crippen molar-refractivity contribution in [2.75, 3.05) is 6.54 Å². The van der Waals surface area contributed by atoms with Crippen molar-refractivity contribution >= 4 is 17.2 Å². The molecule has 14 heavy (non-hydrogen) atoms. The summed E-state index contributed by atoms with van der Waals surface area (Å²) in [4.78, 5) is 12.2. The maximum absolute atomic E-state index is 11.3. The number of carbonyl (C=O) groups is 1. The molecule has 0 unspecified atom stereocenters. The van der Waals surface area contributed by atoms with Gasteiger partial charge in [-0.15, -0.1) is 11.3 Å². The lowest BCUT2D eigenvalue weighted by molar-refractivity contribution is -0.122. The molecule has 1 aliphatic rings. The minimum atomic E-state index is -0.558. The van der Waals surface area contributed by atoms with Crippen molar-refractivity contribution in [3.8, 4) is 0 Å². The number of thiophene rings is 1. The Morgan fingerprint density at radius 3 is 3.07 bits per heavy atom. The fourth-order valence-electron chi connectivity index (χ4n) is 1.27. The van der Waals surface area contributed by atoms with Crippen LogP contribution in [0, 0.1) is 5.92 Å². The van der Waals surface area contributed by atoms with E-state index < -0.39 is 6.10 Å². The molecule has 1 amide bonds. The molecule has 0 bridgehead atoms. The summed E-state index contributed by atoms with van der Waals surface area (Å²) >= 11 is 1.51. The van der Waals surface area contributed by atoms with Crippen LogP contribution in [0.1, 0.15) is 23.8 Å². The highest BCUT2D eigenvalue weighted by atomic mass is 32.1. The summed E-state index contributed by atoms with van der Waals surface area (Å²) in [7, 11) is 0. The zero-order valence-electron chi connectivity index (χ0n) is 7.77. The summed E-state index contributed by atoms with van der Waals surface area (Å²) < 4.78 is 0. The van der Waals surface area contributed by atoms with Gasteiger partial charge in [-0.05, 0) is 24.3 Å². The molecule has 76 valence electrons. The molecule has 1 saturated carbocycles. The summed E-state index contributed by atoms with van der Waals surface area (Å²) in [6, 6.07) is 3.77. The predicted molar refractivity (Wildman–Crippen MR) is 55.0 cm³/mol. The lowest BCUT2D eigenvalue weighted by Gasteiger charge is -2.09. The second kappa shape index (κ2) is 4.11. The second-order valence-electron chi connectivity index (χ2n) is 3.55. The Hall–Kier alpha value is -0.870. The first-order chi connectivity index (χ1) is 6.77. The number of aliphatic hydroxyl groups excluding tert-OH is 1. The van der Waals surface area contributed by atoms with Crippen LogP contribution in [0.4, 0.5) is 0 Å². The average molecular weight is 211 g/mol. The Kier molecular flexibility index (Phi) is 2.84. The Bertz CT molecular complexity index is 306. The number of hydrogen-bond donors (Lipinski definition) is 2. The third kappa shape index (κ3) is 2.33. The molecule has 1 aromatic heterocycles. The molecule has 1 aliphatic carbocycles. The Labute approximate surface area is 86.8 Å². The van der Waals surface area contributed by atoms with Crippen LogP contribution in [-0.2, 0) is 4.79 Å². The lowest BCUT2D eigenvalue weighted by Crippen LogP contribution is -2.29. The highest BCUT2D eigenvalue weighted by Crippen LogP contribution is 2.29. The average Bonchev–Trinajstić information content (AvgIpc) is 2.90. The molecular weight excluding hydrogens is 198 g/mol. The van der Waals surface area contributed by atoms with Crippen molar-refractivity contribution in [2.24, 2.45) is 5.92 Å². The van der Waals surface area contributed by atoms with E-state index in [9.17, 15) is 9.90 Å². The van der Waals surface area contributed by atoms with Gasteiger partial charge in [0, 0.05) is 17.3 Å². The lowest BCUT2D eigenvalue weighted by atomic mass is 10.3. The normalized spacial score (nSPS) is 17.8. The SMILES string of the molecule is O=C(NC[C@@H](O)c1cccs1)C1CC1. The number of aliphatic hydroxyl groups is 1. The molecule has 1 aromatic rings. The zero-order valence-corrected chi connectivity index (χ0v) is 8.59. The maximum Gasteiger partial charge on any atom is 0.223 e. The van der Waals surface area contributed by atoms with Crippen LogP contribution in [0.15, 0.2) is 17.5 Å². The van der Waals surface area contributed by atoms with Crippen LogP contribution in [0.5, 0.6) is 0 Å². The molecule has 1 heterocycles. The highest BCUT2D eigenvalue weighted by Gasteiger charge is 2.29. The van der Waals surface area contributed by atoms with Gasteiger partial charge in [-0.2, -0.15) is 0 Å². The molecule has 0 radical (unpaired) electrons. The molecule has 4 heteroatoms. The van der Waals surface area contributed by atoms with E-state index in [0.717, 1.165) is 17.7 Å². The quantitative estimate of drug-likeness (QED) is 0.789. The van der Waals surface area contributed by atoms with E-state index in [0.29, 0.717) is 6.54 Å². The first kappa shape index (κ1) is 9.68. The van der Waals surface area contributed by atoms with Crippen molar-refractivity contribution < 1.29 is 9.90 Å². The van der Waals surface area contributed by atoms with Crippen LogP contribution in [0.2, 0.25) is 0 Å².